The fourth-order valence-corrected chi connectivity index (χ4v) is 2.15. The quantitative estimate of drug-likeness (QED) is 0.747. The molecule has 8 heteroatoms. The Morgan fingerprint density at radius 2 is 1.36 bits per heavy atom. The summed E-state index contributed by atoms with van der Waals surface area (Å²) in [6.07, 6.45) is -10.5. The van der Waals surface area contributed by atoms with Gasteiger partial charge in [0.25, 0.3) is 0 Å². The maximum absolute atomic E-state index is 12.8. The Balaban J connectivity index is 2.25. The van der Waals surface area contributed by atoms with E-state index < -0.39 is 35.8 Å². The maximum Gasteiger partial charge on any atom is 0.416 e. The topological polar surface area (TPSA) is 29.1 Å². The van der Waals surface area contributed by atoms with Crippen LogP contribution in [0.2, 0.25) is 0 Å². The molecule has 2 aromatic carbocycles. The summed E-state index contributed by atoms with van der Waals surface area (Å²) < 4.78 is 76.7. The van der Waals surface area contributed by atoms with Gasteiger partial charge in [-0.25, -0.2) is 0 Å². The first-order valence-electron chi connectivity index (χ1n) is 7.10. The molecule has 1 N–H and O–H groups in total. The third-order valence-corrected chi connectivity index (χ3v) is 3.35. The van der Waals surface area contributed by atoms with Crippen molar-refractivity contribution in [3.05, 3.63) is 64.7 Å². The lowest BCUT2D eigenvalue weighted by Gasteiger charge is -2.14. The van der Waals surface area contributed by atoms with Gasteiger partial charge in [0.1, 0.15) is 0 Å². The molecule has 134 valence electrons. The summed E-state index contributed by atoms with van der Waals surface area (Å²) in [7, 11) is 0. The Bertz CT molecular complexity index is 730. The van der Waals surface area contributed by atoms with Gasteiger partial charge in [-0.1, -0.05) is 17.7 Å². The Morgan fingerprint density at radius 3 is 1.80 bits per heavy atom. The van der Waals surface area contributed by atoms with Gasteiger partial charge in [0.05, 0.1) is 17.5 Å². The number of anilines is 1. The molecule has 2 aromatic rings. The van der Waals surface area contributed by atoms with E-state index in [1.807, 2.05) is 6.92 Å². The van der Waals surface area contributed by atoms with Gasteiger partial charge in [-0.3, -0.25) is 4.79 Å². The smallest absolute Gasteiger partial charge is 0.326 e. The van der Waals surface area contributed by atoms with Gasteiger partial charge in [-0.05, 0) is 42.8 Å². The Morgan fingerprint density at radius 1 is 0.880 bits per heavy atom. The highest BCUT2D eigenvalue weighted by Gasteiger charge is 2.36. The third kappa shape index (κ3) is 5.23. The number of benzene rings is 2. The highest BCUT2D eigenvalue weighted by Crippen LogP contribution is 2.36. The van der Waals surface area contributed by atoms with Crippen LogP contribution in [-0.4, -0.2) is 5.91 Å². The van der Waals surface area contributed by atoms with E-state index in [9.17, 15) is 31.1 Å². The first kappa shape index (κ1) is 18.8. The Kier molecular flexibility index (Phi) is 5.10. The highest BCUT2D eigenvalue weighted by molar-refractivity contribution is 5.92. The van der Waals surface area contributed by atoms with Crippen molar-refractivity contribution in [1.29, 1.82) is 0 Å². The van der Waals surface area contributed by atoms with Crippen LogP contribution in [0.4, 0.5) is 32.0 Å². The summed E-state index contributed by atoms with van der Waals surface area (Å²) >= 11 is 0. The lowest BCUT2D eigenvalue weighted by molar-refractivity contribution is -0.143. The van der Waals surface area contributed by atoms with E-state index in [4.69, 9.17) is 0 Å². The molecule has 0 unspecified atom stereocenters. The monoisotopic (exact) mass is 361 g/mol. The van der Waals surface area contributed by atoms with E-state index in [-0.39, 0.29) is 11.6 Å². The SMILES string of the molecule is Cc1ccc(NC(=O)Cc2cc(C(F)(F)F)cc(C(F)(F)F)c2)cc1. The second-order valence-electron chi connectivity index (χ2n) is 5.51. The standard InChI is InChI=1S/C17H13F6NO/c1-10-2-4-14(5-3-10)24-15(25)8-11-6-12(16(18,19)20)9-13(7-11)17(21,22)23/h2-7,9H,8H2,1H3,(H,24,25). The van der Waals surface area contributed by atoms with Crippen LogP contribution in [0.3, 0.4) is 0 Å². The molecule has 0 aliphatic heterocycles. The molecule has 0 spiro atoms. The molecule has 2 nitrogen and oxygen atoms in total. The van der Waals surface area contributed by atoms with Crippen molar-refractivity contribution < 1.29 is 31.1 Å². The Hall–Kier alpha value is -2.51. The van der Waals surface area contributed by atoms with Crippen molar-refractivity contribution in [1.82, 2.24) is 0 Å². The zero-order valence-corrected chi connectivity index (χ0v) is 12.9. The highest BCUT2D eigenvalue weighted by atomic mass is 19.4. The molecule has 0 fully saturated rings. The summed E-state index contributed by atoms with van der Waals surface area (Å²) in [6.45, 7) is 1.83. The molecular weight excluding hydrogens is 348 g/mol. The number of alkyl halides is 6. The normalized spacial score (nSPS) is 12.1. The minimum Gasteiger partial charge on any atom is -0.326 e. The van der Waals surface area contributed by atoms with Gasteiger partial charge in [0.15, 0.2) is 0 Å². The number of carbonyl (C=O) groups is 1. The summed E-state index contributed by atoms with van der Waals surface area (Å²) in [5.41, 5.74) is -1.92. The molecule has 0 atom stereocenters. The largest absolute Gasteiger partial charge is 0.416 e. The number of halogens is 6. The molecule has 0 saturated carbocycles. The minimum atomic E-state index is -4.94. The van der Waals surface area contributed by atoms with Crippen molar-refractivity contribution in [2.75, 3.05) is 5.32 Å². The van der Waals surface area contributed by atoms with Crippen LogP contribution >= 0.6 is 0 Å². The van der Waals surface area contributed by atoms with Gasteiger partial charge in [0, 0.05) is 5.69 Å². The van der Waals surface area contributed by atoms with E-state index in [1.165, 1.54) is 0 Å². The molecule has 0 heterocycles. The van der Waals surface area contributed by atoms with Crippen LogP contribution in [0.1, 0.15) is 22.3 Å². The second kappa shape index (κ2) is 6.78. The fraction of sp³-hybridized carbons (Fsp3) is 0.235. The van der Waals surface area contributed by atoms with Gasteiger partial charge in [-0.2, -0.15) is 26.3 Å². The second-order valence-corrected chi connectivity index (χ2v) is 5.51. The van der Waals surface area contributed by atoms with Crippen LogP contribution in [0.15, 0.2) is 42.5 Å². The molecule has 0 saturated heterocycles. The lowest BCUT2D eigenvalue weighted by Crippen LogP contribution is -2.17. The average Bonchev–Trinajstić information content (AvgIpc) is 2.47. The lowest BCUT2D eigenvalue weighted by atomic mass is 10.0. The predicted octanol–water partition coefficient (Wildman–Crippen LogP) is 5.21. The summed E-state index contributed by atoms with van der Waals surface area (Å²) in [5.74, 6) is -0.712. The third-order valence-electron chi connectivity index (χ3n) is 3.35. The zero-order chi connectivity index (χ0) is 18.8. The van der Waals surface area contributed by atoms with Crippen molar-refractivity contribution in [3.63, 3.8) is 0 Å². The van der Waals surface area contributed by atoms with Crippen LogP contribution in [0.25, 0.3) is 0 Å². The zero-order valence-electron chi connectivity index (χ0n) is 12.9. The number of rotatable bonds is 3. The number of carbonyl (C=O) groups excluding carboxylic acids is 1. The van der Waals surface area contributed by atoms with Gasteiger partial charge in [-0.15, -0.1) is 0 Å². The molecule has 0 bridgehead atoms. The molecule has 2 rings (SSSR count). The summed E-state index contributed by atoms with van der Waals surface area (Å²) in [4.78, 5) is 11.9. The number of amides is 1. The van der Waals surface area contributed by atoms with E-state index in [0.717, 1.165) is 5.56 Å². The average molecular weight is 361 g/mol. The molecule has 1 amide bonds. The van der Waals surface area contributed by atoms with Crippen LogP contribution in [0, 0.1) is 6.92 Å². The first-order chi connectivity index (χ1) is 11.4. The summed E-state index contributed by atoms with van der Waals surface area (Å²) in [6, 6.07) is 7.71. The molecule has 0 aromatic heterocycles. The van der Waals surface area contributed by atoms with Crippen molar-refractivity contribution in [3.8, 4) is 0 Å². The van der Waals surface area contributed by atoms with Crippen molar-refractivity contribution >= 4 is 11.6 Å². The summed E-state index contributed by atoms with van der Waals surface area (Å²) in [5, 5.41) is 2.43. The van der Waals surface area contributed by atoms with Crippen molar-refractivity contribution in [2.45, 2.75) is 25.7 Å². The minimum absolute atomic E-state index is 0.0291. The van der Waals surface area contributed by atoms with Gasteiger partial charge in [0.2, 0.25) is 5.91 Å². The van der Waals surface area contributed by atoms with Gasteiger partial charge < -0.3 is 5.32 Å². The van der Waals surface area contributed by atoms with E-state index >= 15 is 0 Å². The number of nitrogens with one attached hydrogen (secondary N) is 1. The fourth-order valence-electron chi connectivity index (χ4n) is 2.15. The number of aryl methyl sites for hydroxylation is 1. The molecule has 0 radical (unpaired) electrons. The first-order valence-corrected chi connectivity index (χ1v) is 7.10. The van der Waals surface area contributed by atoms with Crippen LogP contribution < -0.4 is 5.32 Å². The van der Waals surface area contributed by atoms with Crippen molar-refractivity contribution in [2.24, 2.45) is 0 Å². The Labute approximate surface area is 139 Å². The molecule has 0 aliphatic rings. The molecular formula is C17H13F6NO. The van der Waals surface area contributed by atoms with E-state index in [1.54, 1.807) is 24.3 Å². The molecule has 0 aliphatic carbocycles. The number of hydrogen-bond donors (Lipinski definition) is 1. The van der Waals surface area contributed by atoms with Gasteiger partial charge >= 0.3 is 12.4 Å². The van der Waals surface area contributed by atoms with Crippen LogP contribution in [-0.2, 0) is 23.6 Å². The molecule has 25 heavy (non-hydrogen) atoms. The van der Waals surface area contributed by atoms with E-state index in [0.29, 0.717) is 17.8 Å². The predicted molar refractivity (Wildman–Crippen MR) is 80.0 cm³/mol. The number of hydrogen-bond acceptors (Lipinski definition) is 1. The van der Waals surface area contributed by atoms with Crippen LogP contribution in [0.5, 0.6) is 0 Å². The maximum atomic E-state index is 12.8. The van der Waals surface area contributed by atoms with E-state index in [2.05, 4.69) is 5.32 Å².